The zero-order chi connectivity index (χ0) is 18.5. The quantitative estimate of drug-likeness (QED) is 0.774. The number of nitrogens with zero attached hydrogens (tertiary/aromatic N) is 2. The third-order valence-electron chi connectivity index (χ3n) is 5.55. The zero-order valence-electron chi connectivity index (χ0n) is 16.4. The molecule has 1 saturated heterocycles. The number of rotatable bonds is 7. The number of hydrogen-bond acceptors (Lipinski definition) is 3. The van der Waals surface area contributed by atoms with Crippen molar-refractivity contribution in [1.29, 1.82) is 0 Å². The van der Waals surface area contributed by atoms with E-state index in [4.69, 9.17) is 0 Å². The minimum Gasteiger partial charge on any atom is -0.342 e. The van der Waals surface area contributed by atoms with Crippen LogP contribution in [0.25, 0.3) is 0 Å². The average molecular weight is 394 g/mol. The second-order valence-corrected chi connectivity index (χ2v) is 7.74. The van der Waals surface area contributed by atoms with Gasteiger partial charge in [0, 0.05) is 44.1 Å². The molecule has 2 amide bonds. The molecule has 0 aromatic heterocycles. The molecule has 27 heavy (non-hydrogen) atoms. The van der Waals surface area contributed by atoms with Gasteiger partial charge in [-0.2, -0.15) is 0 Å². The van der Waals surface area contributed by atoms with Crippen LogP contribution in [0.2, 0.25) is 0 Å². The molecule has 1 aliphatic carbocycles. The van der Waals surface area contributed by atoms with Crippen LogP contribution in [0.1, 0.15) is 38.2 Å². The standard InChI is InChI=1S/C21H31N3O2.ClH/c1-16(14-22-2)20(25)23-12-10-18(11-13-23)21(26)24(19-8-9-19)15-17-6-4-3-5-7-17;/h3-7,16,18-19,22H,8-15H2,1-2H3;1H. The second-order valence-electron chi connectivity index (χ2n) is 7.74. The Morgan fingerprint density at radius 3 is 2.33 bits per heavy atom. The molecule has 3 rings (SSSR count). The first-order chi connectivity index (χ1) is 12.6. The SMILES string of the molecule is CNCC(C)C(=O)N1CCC(C(=O)N(Cc2ccccc2)C2CC2)CC1.Cl. The number of carbonyl (C=O) groups excluding carboxylic acids is 2. The number of amides is 2. The van der Waals surface area contributed by atoms with E-state index in [9.17, 15) is 9.59 Å². The molecule has 1 heterocycles. The molecule has 1 saturated carbocycles. The van der Waals surface area contributed by atoms with Gasteiger partial charge in [0.05, 0.1) is 0 Å². The van der Waals surface area contributed by atoms with Gasteiger partial charge in [0.1, 0.15) is 0 Å². The van der Waals surface area contributed by atoms with E-state index in [0.29, 0.717) is 32.2 Å². The molecule has 2 aliphatic rings. The minimum atomic E-state index is -0.00621. The van der Waals surface area contributed by atoms with E-state index in [1.165, 1.54) is 5.56 Å². The van der Waals surface area contributed by atoms with Crippen LogP contribution < -0.4 is 5.32 Å². The van der Waals surface area contributed by atoms with Gasteiger partial charge in [0.2, 0.25) is 11.8 Å². The van der Waals surface area contributed by atoms with Crippen LogP contribution in [0.3, 0.4) is 0 Å². The van der Waals surface area contributed by atoms with E-state index in [2.05, 4.69) is 22.3 Å². The van der Waals surface area contributed by atoms with Crippen LogP contribution >= 0.6 is 12.4 Å². The molecule has 1 unspecified atom stereocenters. The summed E-state index contributed by atoms with van der Waals surface area (Å²) in [6.45, 7) is 4.78. The van der Waals surface area contributed by atoms with E-state index >= 15 is 0 Å². The first-order valence-corrected chi connectivity index (χ1v) is 9.88. The van der Waals surface area contributed by atoms with E-state index in [-0.39, 0.29) is 36.1 Å². The summed E-state index contributed by atoms with van der Waals surface area (Å²) in [4.78, 5) is 29.6. The first kappa shape index (κ1) is 21.7. The largest absolute Gasteiger partial charge is 0.342 e. The maximum atomic E-state index is 13.1. The van der Waals surface area contributed by atoms with Gasteiger partial charge in [-0.25, -0.2) is 0 Å². The molecular formula is C21H32ClN3O2. The monoisotopic (exact) mass is 393 g/mol. The Morgan fingerprint density at radius 2 is 1.78 bits per heavy atom. The van der Waals surface area contributed by atoms with Crippen LogP contribution in [0.4, 0.5) is 0 Å². The van der Waals surface area contributed by atoms with E-state index < -0.39 is 0 Å². The molecule has 5 nitrogen and oxygen atoms in total. The average Bonchev–Trinajstić information content (AvgIpc) is 3.51. The highest BCUT2D eigenvalue weighted by Gasteiger charge is 2.37. The number of carbonyl (C=O) groups is 2. The van der Waals surface area contributed by atoms with Gasteiger partial charge in [-0.1, -0.05) is 37.3 Å². The molecule has 1 aromatic carbocycles. The molecule has 0 bridgehead atoms. The fourth-order valence-electron chi connectivity index (χ4n) is 3.84. The Bertz CT molecular complexity index is 613. The van der Waals surface area contributed by atoms with E-state index in [1.54, 1.807) is 0 Å². The molecular weight excluding hydrogens is 362 g/mol. The summed E-state index contributed by atoms with van der Waals surface area (Å²) in [6.07, 6.45) is 3.82. The van der Waals surface area contributed by atoms with Crippen LogP contribution in [0, 0.1) is 11.8 Å². The van der Waals surface area contributed by atoms with Gasteiger partial charge >= 0.3 is 0 Å². The Hall–Kier alpha value is -1.59. The van der Waals surface area contributed by atoms with Gasteiger partial charge in [-0.3, -0.25) is 9.59 Å². The molecule has 2 fully saturated rings. The highest BCUT2D eigenvalue weighted by molar-refractivity contribution is 5.85. The lowest BCUT2D eigenvalue weighted by Crippen LogP contribution is -2.47. The van der Waals surface area contributed by atoms with Crippen molar-refractivity contribution in [3.8, 4) is 0 Å². The summed E-state index contributed by atoms with van der Waals surface area (Å²) in [6, 6.07) is 10.7. The number of nitrogens with one attached hydrogen (secondary N) is 1. The molecule has 6 heteroatoms. The predicted octanol–water partition coefficient (Wildman–Crippen LogP) is 2.69. The van der Waals surface area contributed by atoms with Gasteiger partial charge in [-0.15, -0.1) is 12.4 Å². The maximum absolute atomic E-state index is 13.1. The lowest BCUT2D eigenvalue weighted by atomic mass is 9.94. The van der Waals surface area contributed by atoms with Crippen molar-refractivity contribution in [1.82, 2.24) is 15.1 Å². The summed E-state index contributed by atoms with van der Waals surface area (Å²) < 4.78 is 0. The van der Waals surface area contributed by atoms with Crippen molar-refractivity contribution in [2.24, 2.45) is 11.8 Å². The summed E-state index contributed by atoms with van der Waals surface area (Å²) in [5.74, 6) is 0.538. The summed E-state index contributed by atoms with van der Waals surface area (Å²) in [7, 11) is 1.87. The number of halogens is 1. The topological polar surface area (TPSA) is 52.7 Å². The normalized spacial score (nSPS) is 18.5. The third-order valence-corrected chi connectivity index (χ3v) is 5.55. The maximum Gasteiger partial charge on any atom is 0.226 e. The highest BCUT2D eigenvalue weighted by Crippen LogP contribution is 2.32. The molecule has 0 spiro atoms. The Labute approximate surface area is 168 Å². The van der Waals surface area contributed by atoms with Crippen LogP contribution in [0.15, 0.2) is 30.3 Å². The first-order valence-electron chi connectivity index (χ1n) is 9.88. The van der Waals surface area contributed by atoms with Crippen LogP contribution in [-0.4, -0.2) is 54.3 Å². The van der Waals surface area contributed by atoms with Gasteiger partial charge in [-0.05, 0) is 38.3 Å². The summed E-state index contributed by atoms with van der Waals surface area (Å²) in [5.41, 5.74) is 1.20. The smallest absolute Gasteiger partial charge is 0.226 e. The van der Waals surface area contributed by atoms with Crippen molar-refractivity contribution < 1.29 is 9.59 Å². The second kappa shape index (κ2) is 10.1. The molecule has 0 radical (unpaired) electrons. The highest BCUT2D eigenvalue weighted by atomic mass is 35.5. The Kier molecular flexibility index (Phi) is 8.11. The van der Waals surface area contributed by atoms with Gasteiger partial charge < -0.3 is 15.1 Å². The fourth-order valence-corrected chi connectivity index (χ4v) is 3.84. The Balaban J connectivity index is 0.00000261. The number of piperidine rings is 1. The van der Waals surface area contributed by atoms with Crippen molar-refractivity contribution in [2.75, 3.05) is 26.7 Å². The minimum absolute atomic E-state index is 0. The lowest BCUT2D eigenvalue weighted by molar-refractivity contribution is -0.143. The molecule has 1 aliphatic heterocycles. The molecule has 1 N–H and O–H groups in total. The molecule has 1 atom stereocenters. The summed E-state index contributed by atoms with van der Waals surface area (Å²) in [5, 5.41) is 3.06. The predicted molar refractivity (Wildman–Crippen MR) is 110 cm³/mol. The van der Waals surface area contributed by atoms with Crippen molar-refractivity contribution in [3.63, 3.8) is 0 Å². The molecule has 150 valence electrons. The van der Waals surface area contributed by atoms with Gasteiger partial charge in [0.15, 0.2) is 0 Å². The van der Waals surface area contributed by atoms with Gasteiger partial charge in [0.25, 0.3) is 0 Å². The fraction of sp³-hybridized carbons (Fsp3) is 0.619. The lowest BCUT2D eigenvalue weighted by Gasteiger charge is -2.35. The van der Waals surface area contributed by atoms with E-state index in [1.807, 2.05) is 37.1 Å². The van der Waals surface area contributed by atoms with Crippen molar-refractivity contribution in [2.45, 2.75) is 45.2 Å². The number of hydrogen-bond donors (Lipinski definition) is 1. The number of benzene rings is 1. The Morgan fingerprint density at radius 1 is 1.15 bits per heavy atom. The van der Waals surface area contributed by atoms with Crippen LogP contribution in [0.5, 0.6) is 0 Å². The van der Waals surface area contributed by atoms with E-state index in [0.717, 1.165) is 25.7 Å². The zero-order valence-corrected chi connectivity index (χ0v) is 17.2. The van der Waals surface area contributed by atoms with Crippen molar-refractivity contribution in [3.05, 3.63) is 35.9 Å². The third kappa shape index (κ3) is 5.69. The van der Waals surface area contributed by atoms with Crippen LogP contribution in [-0.2, 0) is 16.1 Å². The molecule has 1 aromatic rings. The summed E-state index contributed by atoms with van der Waals surface area (Å²) >= 11 is 0. The number of likely N-dealkylation sites (tertiary alicyclic amines) is 1. The van der Waals surface area contributed by atoms with Crippen molar-refractivity contribution >= 4 is 24.2 Å².